The van der Waals surface area contributed by atoms with Gasteiger partial charge < -0.3 is 10.2 Å². The summed E-state index contributed by atoms with van der Waals surface area (Å²) in [7, 11) is 3.78. The standard InChI is InChI=1S/C17H20N2O/c1-19(2)13-16(20)18-17(14-9-5-3-6-10-14)15-11-7-4-8-12-15/h3-12,17H,13H2,1-2H3,(H,18,20). The third kappa shape index (κ3) is 3.93. The summed E-state index contributed by atoms with van der Waals surface area (Å²) in [5, 5.41) is 3.10. The van der Waals surface area contributed by atoms with Gasteiger partial charge in [-0.25, -0.2) is 0 Å². The van der Waals surface area contributed by atoms with Crippen LogP contribution in [0.3, 0.4) is 0 Å². The molecule has 0 atom stereocenters. The Labute approximate surface area is 120 Å². The number of carbonyl (C=O) groups excluding carboxylic acids is 1. The van der Waals surface area contributed by atoms with Crippen LogP contribution < -0.4 is 5.32 Å². The van der Waals surface area contributed by atoms with E-state index in [1.807, 2.05) is 79.7 Å². The highest BCUT2D eigenvalue weighted by atomic mass is 16.2. The molecule has 0 heterocycles. The highest BCUT2D eigenvalue weighted by Crippen LogP contribution is 2.21. The average Bonchev–Trinajstić information content (AvgIpc) is 2.46. The molecule has 0 bridgehead atoms. The monoisotopic (exact) mass is 268 g/mol. The van der Waals surface area contributed by atoms with Crippen molar-refractivity contribution < 1.29 is 4.79 Å². The van der Waals surface area contributed by atoms with Crippen molar-refractivity contribution in [2.24, 2.45) is 0 Å². The molecule has 2 rings (SSSR count). The molecule has 0 aliphatic carbocycles. The highest BCUT2D eigenvalue weighted by Gasteiger charge is 2.16. The van der Waals surface area contributed by atoms with E-state index in [0.29, 0.717) is 6.54 Å². The molecule has 0 saturated carbocycles. The van der Waals surface area contributed by atoms with Gasteiger partial charge in [0.05, 0.1) is 12.6 Å². The Morgan fingerprint density at radius 2 is 1.40 bits per heavy atom. The van der Waals surface area contributed by atoms with Gasteiger partial charge in [0.15, 0.2) is 0 Å². The van der Waals surface area contributed by atoms with Crippen LogP contribution in [0.1, 0.15) is 17.2 Å². The number of benzene rings is 2. The minimum Gasteiger partial charge on any atom is -0.344 e. The molecule has 1 amide bonds. The molecule has 0 aliphatic heterocycles. The van der Waals surface area contributed by atoms with E-state index in [4.69, 9.17) is 0 Å². The summed E-state index contributed by atoms with van der Waals surface area (Å²) in [6, 6.07) is 20.0. The summed E-state index contributed by atoms with van der Waals surface area (Å²) in [5.41, 5.74) is 2.18. The van der Waals surface area contributed by atoms with Crippen LogP contribution in [0, 0.1) is 0 Å². The lowest BCUT2D eigenvalue weighted by molar-refractivity contribution is -0.122. The molecule has 0 aliphatic rings. The first-order valence-electron chi connectivity index (χ1n) is 6.71. The van der Waals surface area contributed by atoms with Crippen molar-refractivity contribution in [3.8, 4) is 0 Å². The lowest BCUT2D eigenvalue weighted by Gasteiger charge is -2.21. The fourth-order valence-corrected chi connectivity index (χ4v) is 2.14. The number of likely N-dealkylation sites (N-methyl/N-ethyl adjacent to an activating group) is 1. The van der Waals surface area contributed by atoms with Crippen molar-refractivity contribution in [2.45, 2.75) is 6.04 Å². The van der Waals surface area contributed by atoms with Crippen LogP contribution >= 0.6 is 0 Å². The second-order valence-corrected chi connectivity index (χ2v) is 5.06. The third-order valence-electron chi connectivity index (χ3n) is 3.03. The van der Waals surface area contributed by atoms with Crippen molar-refractivity contribution in [3.63, 3.8) is 0 Å². The number of nitrogens with one attached hydrogen (secondary N) is 1. The Bertz CT molecular complexity index is 498. The van der Waals surface area contributed by atoms with Crippen molar-refractivity contribution in [1.82, 2.24) is 10.2 Å². The summed E-state index contributed by atoms with van der Waals surface area (Å²) >= 11 is 0. The van der Waals surface area contributed by atoms with E-state index >= 15 is 0 Å². The summed E-state index contributed by atoms with van der Waals surface area (Å²) in [6.45, 7) is 0.385. The van der Waals surface area contributed by atoms with E-state index in [0.717, 1.165) is 11.1 Å². The Kier molecular flexibility index (Phi) is 4.91. The lowest BCUT2D eigenvalue weighted by atomic mass is 9.99. The van der Waals surface area contributed by atoms with E-state index < -0.39 is 0 Å². The molecule has 2 aromatic rings. The van der Waals surface area contributed by atoms with Gasteiger partial charge in [-0.05, 0) is 25.2 Å². The SMILES string of the molecule is CN(C)CC(=O)NC(c1ccccc1)c1ccccc1. The molecule has 0 unspecified atom stereocenters. The predicted octanol–water partition coefficient (Wildman–Crippen LogP) is 2.45. The van der Waals surface area contributed by atoms with Gasteiger partial charge in [-0.3, -0.25) is 4.79 Å². The maximum atomic E-state index is 12.1. The lowest BCUT2D eigenvalue weighted by Crippen LogP contribution is -2.36. The molecule has 1 N–H and O–H groups in total. The smallest absolute Gasteiger partial charge is 0.234 e. The first-order valence-corrected chi connectivity index (χ1v) is 6.71. The first kappa shape index (κ1) is 14.3. The quantitative estimate of drug-likeness (QED) is 0.903. The van der Waals surface area contributed by atoms with Crippen molar-refractivity contribution in [3.05, 3.63) is 71.8 Å². The molecule has 0 saturated heterocycles. The third-order valence-corrected chi connectivity index (χ3v) is 3.03. The highest BCUT2D eigenvalue weighted by molar-refractivity contribution is 5.79. The van der Waals surface area contributed by atoms with Gasteiger partial charge >= 0.3 is 0 Å². The predicted molar refractivity (Wildman–Crippen MR) is 81.4 cm³/mol. The van der Waals surface area contributed by atoms with Crippen molar-refractivity contribution in [2.75, 3.05) is 20.6 Å². The molecule has 104 valence electrons. The van der Waals surface area contributed by atoms with E-state index in [1.165, 1.54) is 0 Å². The van der Waals surface area contributed by atoms with Crippen molar-refractivity contribution >= 4 is 5.91 Å². The molecule has 0 aromatic heterocycles. The number of hydrogen-bond donors (Lipinski definition) is 1. The second-order valence-electron chi connectivity index (χ2n) is 5.06. The molecule has 20 heavy (non-hydrogen) atoms. The van der Waals surface area contributed by atoms with Gasteiger partial charge in [-0.15, -0.1) is 0 Å². The fourth-order valence-electron chi connectivity index (χ4n) is 2.14. The number of carbonyl (C=O) groups is 1. The largest absolute Gasteiger partial charge is 0.344 e. The Balaban J connectivity index is 2.24. The van der Waals surface area contributed by atoms with Crippen LogP contribution in [0.15, 0.2) is 60.7 Å². The topological polar surface area (TPSA) is 32.3 Å². The van der Waals surface area contributed by atoms with Gasteiger partial charge in [0.2, 0.25) is 5.91 Å². The van der Waals surface area contributed by atoms with E-state index in [-0.39, 0.29) is 11.9 Å². The van der Waals surface area contributed by atoms with Gasteiger partial charge in [0, 0.05) is 0 Å². The Hall–Kier alpha value is -2.13. The molecule has 2 aromatic carbocycles. The van der Waals surface area contributed by atoms with E-state index in [2.05, 4.69) is 5.32 Å². The summed E-state index contributed by atoms with van der Waals surface area (Å²) in [4.78, 5) is 13.9. The van der Waals surface area contributed by atoms with E-state index in [9.17, 15) is 4.79 Å². The zero-order valence-corrected chi connectivity index (χ0v) is 11.9. The first-order chi connectivity index (χ1) is 9.66. The molecule has 0 radical (unpaired) electrons. The molecule has 0 spiro atoms. The van der Waals surface area contributed by atoms with Gasteiger partial charge in [-0.1, -0.05) is 60.7 Å². The zero-order valence-electron chi connectivity index (χ0n) is 11.9. The second kappa shape index (κ2) is 6.87. The summed E-state index contributed by atoms with van der Waals surface area (Å²) in [6.07, 6.45) is 0. The van der Waals surface area contributed by atoms with Crippen molar-refractivity contribution in [1.29, 1.82) is 0 Å². The van der Waals surface area contributed by atoms with Crippen LogP contribution in [0.5, 0.6) is 0 Å². The van der Waals surface area contributed by atoms with Crippen LogP contribution in [0.25, 0.3) is 0 Å². The molecule has 0 fully saturated rings. The van der Waals surface area contributed by atoms with Crippen LogP contribution in [-0.2, 0) is 4.79 Å². The maximum absolute atomic E-state index is 12.1. The summed E-state index contributed by atoms with van der Waals surface area (Å²) < 4.78 is 0. The zero-order chi connectivity index (χ0) is 14.4. The Morgan fingerprint density at radius 3 is 1.80 bits per heavy atom. The summed E-state index contributed by atoms with van der Waals surface area (Å²) in [5.74, 6) is 0.0210. The Morgan fingerprint density at radius 1 is 0.950 bits per heavy atom. The van der Waals surface area contributed by atoms with Crippen LogP contribution in [0.4, 0.5) is 0 Å². The van der Waals surface area contributed by atoms with E-state index in [1.54, 1.807) is 0 Å². The van der Waals surface area contributed by atoms with Crippen LogP contribution in [-0.4, -0.2) is 31.4 Å². The number of nitrogens with zero attached hydrogens (tertiary/aromatic N) is 1. The van der Waals surface area contributed by atoms with Gasteiger partial charge in [-0.2, -0.15) is 0 Å². The molecule has 3 nitrogen and oxygen atoms in total. The number of rotatable bonds is 5. The molecule has 3 heteroatoms. The number of amides is 1. The maximum Gasteiger partial charge on any atom is 0.234 e. The number of hydrogen-bond acceptors (Lipinski definition) is 2. The minimum atomic E-state index is -0.107. The molecular formula is C17H20N2O. The van der Waals surface area contributed by atoms with Crippen LogP contribution in [0.2, 0.25) is 0 Å². The normalized spacial score (nSPS) is 10.8. The molecular weight excluding hydrogens is 248 g/mol. The van der Waals surface area contributed by atoms with Gasteiger partial charge in [0.1, 0.15) is 0 Å². The fraction of sp³-hybridized carbons (Fsp3) is 0.235. The van der Waals surface area contributed by atoms with Gasteiger partial charge in [0.25, 0.3) is 0 Å². The minimum absolute atomic E-state index is 0.0210. The average molecular weight is 268 g/mol.